The van der Waals surface area contributed by atoms with Crippen molar-refractivity contribution in [2.45, 2.75) is 19.9 Å². The van der Waals surface area contributed by atoms with E-state index in [9.17, 15) is 9.90 Å². The van der Waals surface area contributed by atoms with Gasteiger partial charge in [-0.15, -0.1) is 11.3 Å². The Balaban J connectivity index is 2.00. The highest BCUT2D eigenvalue weighted by Crippen LogP contribution is 2.27. The van der Waals surface area contributed by atoms with Crippen molar-refractivity contribution in [3.63, 3.8) is 0 Å². The molecular weight excluding hydrogens is 286 g/mol. The lowest BCUT2D eigenvalue weighted by Gasteiger charge is -2.12. The number of pyridine rings is 1. The van der Waals surface area contributed by atoms with Crippen LogP contribution in [0.1, 0.15) is 33.2 Å². The fourth-order valence-electron chi connectivity index (χ4n) is 2.26. The maximum absolute atomic E-state index is 11.5. The molecule has 5 nitrogen and oxygen atoms in total. The van der Waals surface area contributed by atoms with Crippen LogP contribution >= 0.6 is 11.3 Å². The van der Waals surface area contributed by atoms with Gasteiger partial charge in [-0.2, -0.15) is 0 Å². The van der Waals surface area contributed by atoms with Crippen molar-refractivity contribution in [2.24, 2.45) is 0 Å². The number of aromatic nitrogens is 2. The van der Waals surface area contributed by atoms with Crippen molar-refractivity contribution in [1.82, 2.24) is 9.38 Å². The second kappa shape index (κ2) is 5.21. The highest BCUT2D eigenvalue weighted by molar-refractivity contribution is 7.12. The molecule has 108 valence electrons. The Morgan fingerprint density at radius 1 is 1.38 bits per heavy atom. The largest absolute Gasteiger partial charge is 0.476 e. The summed E-state index contributed by atoms with van der Waals surface area (Å²) < 4.78 is 1.58. The van der Waals surface area contributed by atoms with Crippen LogP contribution in [0.2, 0.25) is 0 Å². The summed E-state index contributed by atoms with van der Waals surface area (Å²) in [4.78, 5) is 18.3. The maximum Gasteiger partial charge on any atom is 0.356 e. The quantitative estimate of drug-likeness (QED) is 0.773. The van der Waals surface area contributed by atoms with E-state index in [1.54, 1.807) is 34.1 Å². The molecule has 2 N–H and O–H groups in total. The monoisotopic (exact) mass is 301 g/mol. The normalized spacial score (nSPS) is 12.5. The number of imidazole rings is 1. The van der Waals surface area contributed by atoms with Crippen LogP contribution in [0.5, 0.6) is 0 Å². The predicted molar refractivity (Wildman–Crippen MR) is 83.2 cm³/mol. The van der Waals surface area contributed by atoms with Gasteiger partial charge in [0, 0.05) is 16.0 Å². The molecule has 0 saturated heterocycles. The molecule has 0 aromatic carbocycles. The fraction of sp³-hybridized carbons (Fsp3) is 0.200. The number of thiophene rings is 1. The minimum atomic E-state index is -0.995. The van der Waals surface area contributed by atoms with E-state index in [1.165, 1.54) is 4.88 Å². The number of nitrogens with zero attached hydrogens (tertiary/aromatic N) is 2. The number of aryl methyl sites for hydroxylation is 1. The minimum absolute atomic E-state index is 0.00622. The zero-order valence-corrected chi connectivity index (χ0v) is 12.5. The molecule has 3 aromatic heterocycles. The maximum atomic E-state index is 11.5. The second-order valence-electron chi connectivity index (χ2n) is 4.86. The molecule has 3 heterocycles. The SMILES string of the molecule is Cc1ccc(C(C)Nc2nc3ccccn3c2C(=O)O)s1. The number of fused-ring (bicyclic) bond motifs is 1. The van der Waals surface area contributed by atoms with Crippen LogP contribution in [-0.2, 0) is 0 Å². The zero-order chi connectivity index (χ0) is 15.0. The molecule has 3 aromatic rings. The highest BCUT2D eigenvalue weighted by Gasteiger charge is 2.20. The van der Waals surface area contributed by atoms with Gasteiger partial charge in [0.1, 0.15) is 5.65 Å². The van der Waals surface area contributed by atoms with Crippen LogP contribution < -0.4 is 5.32 Å². The third kappa shape index (κ3) is 2.50. The second-order valence-corrected chi connectivity index (χ2v) is 6.18. The topological polar surface area (TPSA) is 66.6 Å². The molecule has 0 bridgehead atoms. The number of hydrogen-bond acceptors (Lipinski definition) is 4. The third-order valence-corrected chi connectivity index (χ3v) is 4.46. The first kappa shape index (κ1) is 13.6. The standard InChI is InChI=1S/C15H15N3O2S/c1-9-6-7-11(21-9)10(2)16-14-13(15(19)20)18-8-4-3-5-12(18)17-14/h3-8,10,16H,1-2H3,(H,19,20). The summed E-state index contributed by atoms with van der Waals surface area (Å²) in [7, 11) is 0. The number of hydrogen-bond donors (Lipinski definition) is 2. The van der Waals surface area contributed by atoms with E-state index in [0.717, 1.165) is 4.88 Å². The van der Waals surface area contributed by atoms with Gasteiger partial charge in [0.2, 0.25) is 0 Å². The Kier molecular flexibility index (Phi) is 3.39. The van der Waals surface area contributed by atoms with Gasteiger partial charge in [-0.05, 0) is 38.1 Å². The molecule has 0 aliphatic rings. The van der Waals surface area contributed by atoms with Crippen molar-refractivity contribution in [1.29, 1.82) is 0 Å². The van der Waals surface area contributed by atoms with E-state index in [4.69, 9.17) is 0 Å². The fourth-order valence-corrected chi connectivity index (χ4v) is 3.14. The lowest BCUT2D eigenvalue weighted by molar-refractivity contribution is 0.0690. The Hall–Kier alpha value is -2.34. The highest BCUT2D eigenvalue weighted by atomic mass is 32.1. The van der Waals surface area contributed by atoms with Gasteiger partial charge in [0.25, 0.3) is 0 Å². The number of carboxylic acid groups (broad SMARTS) is 1. The van der Waals surface area contributed by atoms with Gasteiger partial charge in [0.15, 0.2) is 11.5 Å². The number of anilines is 1. The van der Waals surface area contributed by atoms with Crippen LogP contribution in [0.4, 0.5) is 5.82 Å². The number of rotatable bonds is 4. The molecule has 3 rings (SSSR count). The van der Waals surface area contributed by atoms with Gasteiger partial charge in [-0.1, -0.05) is 6.07 Å². The number of carboxylic acids is 1. The summed E-state index contributed by atoms with van der Waals surface area (Å²) in [6, 6.07) is 9.53. The lowest BCUT2D eigenvalue weighted by atomic mass is 10.2. The van der Waals surface area contributed by atoms with Gasteiger partial charge < -0.3 is 10.4 Å². The first-order valence-corrected chi connectivity index (χ1v) is 7.41. The van der Waals surface area contributed by atoms with E-state index >= 15 is 0 Å². The smallest absolute Gasteiger partial charge is 0.356 e. The summed E-state index contributed by atoms with van der Waals surface area (Å²) >= 11 is 1.69. The Morgan fingerprint density at radius 3 is 2.86 bits per heavy atom. The average Bonchev–Trinajstić information content (AvgIpc) is 3.01. The van der Waals surface area contributed by atoms with E-state index in [0.29, 0.717) is 11.5 Å². The van der Waals surface area contributed by atoms with Gasteiger partial charge >= 0.3 is 5.97 Å². The first-order chi connectivity index (χ1) is 10.1. The molecule has 21 heavy (non-hydrogen) atoms. The minimum Gasteiger partial charge on any atom is -0.476 e. The summed E-state index contributed by atoms with van der Waals surface area (Å²) in [6.45, 7) is 4.05. The zero-order valence-electron chi connectivity index (χ0n) is 11.7. The van der Waals surface area contributed by atoms with Crippen molar-refractivity contribution >= 4 is 28.8 Å². The van der Waals surface area contributed by atoms with Crippen LogP contribution in [0, 0.1) is 6.92 Å². The molecule has 6 heteroatoms. The molecule has 1 atom stereocenters. The molecular formula is C15H15N3O2S. The molecule has 0 aliphatic carbocycles. The van der Waals surface area contributed by atoms with E-state index < -0.39 is 5.97 Å². The molecule has 0 spiro atoms. The molecule has 0 fully saturated rings. The lowest BCUT2D eigenvalue weighted by Crippen LogP contribution is -2.10. The van der Waals surface area contributed by atoms with Gasteiger partial charge in [0.05, 0.1) is 6.04 Å². The van der Waals surface area contributed by atoms with Crippen LogP contribution in [0.3, 0.4) is 0 Å². The number of carbonyl (C=O) groups is 1. The van der Waals surface area contributed by atoms with Crippen LogP contribution in [0.15, 0.2) is 36.5 Å². The molecule has 0 amide bonds. The predicted octanol–water partition coefficient (Wildman–Crippen LogP) is 3.58. The van der Waals surface area contributed by atoms with Crippen molar-refractivity contribution in [2.75, 3.05) is 5.32 Å². The van der Waals surface area contributed by atoms with Crippen LogP contribution in [0.25, 0.3) is 5.65 Å². The van der Waals surface area contributed by atoms with Crippen molar-refractivity contribution in [3.8, 4) is 0 Å². The van der Waals surface area contributed by atoms with E-state index in [2.05, 4.69) is 23.3 Å². The molecule has 1 unspecified atom stereocenters. The van der Waals surface area contributed by atoms with E-state index in [-0.39, 0.29) is 11.7 Å². The first-order valence-electron chi connectivity index (χ1n) is 6.59. The van der Waals surface area contributed by atoms with Crippen molar-refractivity contribution in [3.05, 3.63) is 52.0 Å². The third-order valence-electron chi connectivity index (χ3n) is 3.27. The summed E-state index contributed by atoms with van der Waals surface area (Å²) in [6.07, 6.45) is 1.71. The molecule has 0 radical (unpaired) electrons. The summed E-state index contributed by atoms with van der Waals surface area (Å²) in [5.74, 6) is -0.599. The van der Waals surface area contributed by atoms with Gasteiger partial charge in [-0.25, -0.2) is 9.78 Å². The molecule has 0 saturated carbocycles. The van der Waals surface area contributed by atoms with Gasteiger partial charge in [-0.3, -0.25) is 4.40 Å². The van der Waals surface area contributed by atoms with Crippen molar-refractivity contribution < 1.29 is 9.90 Å². The number of aromatic carboxylic acids is 1. The Bertz CT molecular complexity index is 806. The molecule has 0 aliphatic heterocycles. The van der Waals surface area contributed by atoms with E-state index in [1.807, 2.05) is 19.1 Å². The Morgan fingerprint density at radius 2 is 2.19 bits per heavy atom. The summed E-state index contributed by atoms with van der Waals surface area (Å²) in [5, 5.41) is 12.7. The number of nitrogens with one attached hydrogen (secondary N) is 1. The van der Waals surface area contributed by atoms with Crippen LogP contribution in [-0.4, -0.2) is 20.5 Å². The average molecular weight is 301 g/mol. The summed E-state index contributed by atoms with van der Waals surface area (Å²) in [5.41, 5.74) is 0.776. The Labute approximate surface area is 125 Å².